The highest BCUT2D eigenvalue weighted by molar-refractivity contribution is 8.01. The molecule has 162 valence electrons. The number of carbonyl (C=O) groups is 4. The molecule has 30 heavy (non-hydrogen) atoms. The highest BCUT2D eigenvalue weighted by Crippen LogP contribution is 2.44. The molecule has 12 nitrogen and oxygen atoms in total. The Morgan fingerprint density at radius 2 is 2.23 bits per heavy atom. The molecule has 1 aromatic rings. The molecule has 3 heterocycles. The molecule has 2 aliphatic rings. The zero-order chi connectivity index (χ0) is 21.8. The number of carboxylic acid groups (broad SMARTS) is 1. The molecule has 0 bridgehead atoms. The summed E-state index contributed by atoms with van der Waals surface area (Å²) >= 11 is 3.83. The van der Waals surface area contributed by atoms with Crippen LogP contribution in [-0.4, -0.2) is 88.7 Å². The van der Waals surface area contributed by atoms with Crippen molar-refractivity contribution >= 4 is 59.0 Å². The smallest absolute Gasteiger partial charge is 0.352 e. The van der Waals surface area contributed by atoms with Gasteiger partial charge in [-0.05, 0) is 23.5 Å². The molecule has 2 aliphatic heterocycles. The van der Waals surface area contributed by atoms with Crippen molar-refractivity contribution in [3.63, 3.8) is 0 Å². The summed E-state index contributed by atoms with van der Waals surface area (Å²) in [5.41, 5.74) is 5.61. The molecule has 3 atom stereocenters. The van der Waals surface area contributed by atoms with Gasteiger partial charge in [-0.2, -0.15) is 17.0 Å². The topological polar surface area (TPSA) is 184 Å². The molecular formula is C15H19N7O5S3. The molecule has 0 aromatic carbocycles. The maximum absolute atomic E-state index is 12.7. The molecule has 0 aliphatic carbocycles. The van der Waals surface area contributed by atoms with E-state index in [1.165, 1.54) is 28.4 Å². The Bertz CT molecular complexity index is 878. The van der Waals surface area contributed by atoms with Crippen LogP contribution in [0.15, 0.2) is 16.4 Å². The van der Waals surface area contributed by atoms with Crippen molar-refractivity contribution in [1.82, 2.24) is 30.8 Å². The van der Waals surface area contributed by atoms with Crippen molar-refractivity contribution in [2.75, 3.05) is 17.8 Å². The Morgan fingerprint density at radius 1 is 1.47 bits per heavy atom. The first-order valence-corrected chi connectivity index (χ1v) is 12.0. The van der Waals surface area contributed by atoms with Gasteiger partial charge < -0.3 is 16.2 Å². The number of carboxylic acids is 1. The summed E-state index contributed by atoms with van der Waals surface area (Å²) in [6, 6.07) is -0.764. The number of nitrogens with zero attached hydrogens (tertiary/aromatic N) is 4. The molecule has 1 fully saturated rings. The number of amides is 3. The summed E-state index contributed by atoms with van der Waals surface area (Å²) in [5, 5.41) is 25.3. The second-order valence-corrected chi connectivity index (χ2v) is 9.51. The second-order valence-electron chi connectivity index (χ2n) is 6.37. The molecule has 3 rings (SSSR count). The van der Waals surface area contributed by atoms with Gasteiger partial charge in [0.15, 0.2) is 0 Å². The molecule has 0 spiro atoms. The molecule has 0 saturated carbocycles. The van der Waals surface area contributed by atoms with Crippen LogP contribution in [0.3, 0.4) is 0 Å². The average Bonchev–Trinajstić information content (AvgIpc) is 3.21. The monoisotopic (exact) mass is 473 g/mol. The lowest BCUT2D eigenvalue weighted by Gasteiger charge is -2.50. The van der Waals surface area contributed by atoms with Crippen molar-refractivity contribution in [1.29, 1.82) is 0 Å². The van der Waals surface area contributed by atoms with Crippen molar-refractivity contribution in [2.45, 2.75) is 34.7 Å². The number of hydrogen-bond acceptors (Lipinski definition) is 10. The van der Waals surface area contributed by atoms with Crippen LogP contribution in [0, 0.1) is 0 Å². The Hall–Kier alpha value is -2.26. The lowest BCUT2D eigenvalue weighted by Crippen LogP contribution is -2.70. The van der Waals surface area contributed by atoms with Gasteiger partial charge >= 0.3 is 5.97 Å². The highest BCUT2D eigenvalue weighted by atomic mass is 32.2. The van der Waals surface area contributed by atoms with E-state index in [1.807, 2.05) is 0 Å². The standard InChI is InChI=1S/C15H19N7O5S3/c1-28-5-9(24)17-10-12(25)22-11(14(26)27)6(4-29-13(10)22)7(2-3-8(16)23)30-15-18-20-21-19-15/h7,10,13H,2-5H2,1H3,(H2,16,23)(H,17,24)(H,26,27)(H,18,19,20,21)/t7?,10?,13-/m1/s1. The van der Waals surface area contributed by atoms with Crippen molar-refractivity contribution in [3.8, 4) is 0 Å². The number of aromatic nitrogens is 4. The zero-order valence-electron chi connectivity index (χ0n) is 15.7. The summed E-state index contributed by atoms with van der Waals surface area (Å²) in [6.07, 6.45) is 2.05. The van der Waals surface area contributed by atoms with Gasteiger partial charge in [0, 0.05) is 17.4 Å². The van der Waals surface area contributed by atoms with Crippen LogP contribution in [-0.2, 0) is 19.2 Å². The number of hydrogen-bond donors (Lipinski definition) is 4. The number of nitrogens with two attached hydrogens (primary N) is 1. The number of rotatable bonds is 10. The van der Waals surface area contributed by atoms with E-state index >= 15 is 0 Å². The summed E-state index contributed by atoms with van der Waals surface area (Å²) in [4.78, 5) is 49.1. The summed E-state index contributed by atoms with van der Waals surface area (Å²) in [5.74, 6) is -2.02. The van der Waals surface area contributed by atoms with E-state index in [0.717, 1.165) is 11.8 Å². The average molecular weight is 474 g/mol. The number of aliphatic carboxylic acids is 1. The van der Waals surface area contributed by atoms with Gasteiger partial charge in [0.2, 0.25) is 17.0 Å². The van der Waals surface area contributed by atoms with Gasteiger partial charge in [0.25, 0.3) is 5.91 Å². The SMILES string of the molecule is CSCC(=O)NC1C(=O)N2C(C(=O)O)=C(C(CCC(N)=O)Sc3nn[nH]n3)CS[C@H]12. The van der Waals surface area contributed by atoms with Gasteiger partial charge in [-0.3, -0.25) is 19.3 Å². The van der Waals surface area contributed by atoms with E-state index in [1.54, 1.807) is 6.26 Å². The number of aromatic amines is 1. The maximum atomic E-state index is 12.7. The Kier molecular flexibility index (Phi) is 7.25. The second kappa shape index (κ2) is 9.70. The minimum atomic E-state index is -1.25. The zero-order valence-corrected chi connectivity index (χ0v) is 18.2. The highest BCUT2D eigenvalue weighted by Gasteiger charge is 2.54. The minimum Gasteiger partial charge on any atom is -0.477 e. The molecule has 3 amide bonds. The number of fused-ring (bicyclic) bond motifs is 1. The Labute approximate surface area is 183 Å². The summed E-state index contributed by atoms with van der Waals surface area (Å²) < 4.78 is 0. The van der Waals surface area contributed by atoms with Crippen LogP contribution in [0.4, 0.5) is 0 Å². The van der Waals surface area contributed by atoms with Crippen LogP contribution in [0.5, 0.6) is 0 Å². The van der Waals surface area contributed by atoms with E-state index in [-0.39, 0.29) is 35.4 Å². The van der Waals surface area contributed by atoms with Crippen LogP contribution >= 0.6 is 35.3 Å². The van der Waals surface area contributed by atoms with Crippen LogP contribution in [0.2, 0.25) is 0 Å². The predicted molar refractivity (Wildman–Crippen MR) is 110 cm³/mol. The van der Waals surface area contributed by atoms with Gasteiger partial charge in [0.1, 0.15) is 17.1 Å². The first-order chi connectivity index (χ1) is 14.3. The maximum Gasteiger partial charge on any atom is 0.352 e. The van der Waals surface area contributed by atoms with Gasteiger partial charge in [0.05, 0.1) is 5.75 Å². The first kappa shape index (κ1) is 22.4. The fraction of sp³-hybridized carbons (Fsp3) is 0.533. The minimum absolute atomic E-state index is 0.0291. The molecular weight excluding hydrogens is 454 g/mol. The van der Waals surface area contributed by atoms with Crippen LogP contribution < -0.4 is 11.1 Å². The number of carbonyl (C=O) groups excluding carboxylic acids is 3. The molecule has 0 radical (unpaired) electrons. The van der Waals surface area contributed by atoms with Crippen molar-refractivity contribution < 1.29 is 24.3 Å². The number of tetrazole rings is 1. The number of primary amides is 1. The fourth-order valence-electron chi connectivity index (χ4n) is 3.14. The summed E-state index contributed by atoms with van der Waals surface area (Å²) in [7, 11) is 0. The molecule has 15 heteroatoms. The lowest BCUT2D eigenvalue weighted by atomic mass is 9.99. The Morgan fingerprint density at radius 3 is 2.83 bits per heavy atom. The fourth-order valence-corrected chi connectivity index (χ4v) is 6.03. The van der Waals surface area contributed by atoms with Gasteiger partial charge in [-0.1, -0.05) is 11.8 Å². The normalized spacial score (nSPS) is 21.6. The molecule has 5 N–H and O–H groups in total. The van der Waals surface area contributed by atoms with Gasteiger partial charge in [-0.15, -0.1) is 22.0 Å². The first-order valence-electron chi connectivity index (χ1n) is 8.71. The summed E-state index contributed by atoms with van der Waals surface area (Å²) in [6.45, 7) is 0. The Balaban J connectivity index is 1.87. The lowest BCUT2D eigenvalue weighted by molar-refractivity contribution is -0.150. The third-order valence-corrected chi connectivity index (χ3v) is 7.45. The van der Waals surface area contributed by atoms with E-state index < -0.39 is 34.4 Å². The van der Waals surface area contributed by atoms with Crippen molar-refractivity contribution in [2.24, 2.45) is 5.73 Å². The molecule has 1 saturated heterocycles. The van der Waals surface area contributed by atoms with E-state index in [4.69, 9.17) is 5.73 Å². The quantitative estimate of drug-likeness (QED) is 0.242. The molecule has 1 aromatic heterocycles. The van der Waals surface area contributed by atoms with Crippen LogP contribution in [0.25, 0.3) is 0 Å². The number of thioether (sulfide) groups is 3. The van der Waals surface area contributed by atoms with E-state index in [2.05, 4.69) is 25.9 Å². The van der Waals surface area contributed by atoms with Crippen molar-refractivity contribution in [3.05, 3.63) is 11.3 Å². The number of H-pyrrole nitrogens is 1. The number of nitrogens with one attached hydrogen (secondary N) is 2. The van der Waals surface area contributed by atoms with E-state index in [9.17, 15) is 24.3 Å². The predicted octanol–water partition coefficient (Wildman–Crippen LogP) is -0.972. The third-order valence-electron chi connectivity index (χ3n) is 4.41. The largest absolute Gasteiger partial charge is 0.477 e. The van der Waals surface area contributed by atoms with E-state index in [0.29, 0.717) is 11.3 Å². The van der Waals surface area contributed by atoms with Gasteiger partial charge in [-0.25, -0.2) is 4.79 Å². The third kappa shape index (κ3) is 4.73. The number of β-lactam (4-membered cyclic amide) rings is 1. The molecule has 2 unspecified atom stereocenters. The van der Waals surface area contributed by atoms with Crippen LogP contribution in [0.1, 0.15) is 12.8 Å².